The molecule has 0 spiro atoms. The minimum Gasteiger partial charge on any atom is -0.351 e. The van der Waals surface area contributed by atoms with Gasteiger partial charge in [0.05, 0.1) is 0 Å². The van der Waals surface area contributed by atoms with Gasteiger partial charge < -0.3 is 10.3 Å². The average Bonchev–Trinajstić information content (AvgIpc) is 2.14. The van der Waals surface area contributed by atoms with Crippen LogP contribution in [0.5, 0.6) is 0 Å². The number of amides is 1. The zero-order valence-electron chi connectivity index (χ0n) is 5.44. The van der Waals surface area contributed by atoms with Crippen LogP contribution in [-0.4, -0.2) is 15.2 Å². The lowest BCUT2D eigenvalue weighted by Crippen LogP contribution is -2.31. The molecule has 0 atom stereocenters. The van der Waals surface area contributed by atoms with Crippen LogP contribution in [0.4, 0.5) is 4.79 Å². The molecule has 5 nitrogen and oxygen atoms in total. The molecule has 1 amide bonds. The summed E-state index contributed by atoms with van der Waals surface area (Å²) in [5, 5.41) is 0. The van der Waals surface area contributed by atoms with Crippen LogP contribution in [0.25, 0.3) is 0 Å². The molecule has 0 aliphatic carbocycles. The largest absolute Gasteiger partial charge is 0.351 e. The average molecular weight is 141 g/mol. The molecule has 5 heteroatoms. The van der Waals surface area contributed by atoms with Gasteiger partial charge in [-0.15, -0.1) is 0 Å². The summed E-state index contributed by atoms with van der Waals surface area (Å²) in [5.74, 6) is 0. The first-order valence-corrected chi connectivity index (χ1v) is 2.66. The van der Waals surface area contributed by atoms with E-state index < -0.39 is 11.7 Å². The number of carbonyl (C=O) groups is 1. The molecule has 0 aromatic carbocycles. The van der Waals surface area contributed by atoms with Gasteiger partial charge in [0.1, 0.15) is 0 Å². The number of rotatable bonds is 0. The Morgan fingerprint density at radius 2 is 2.20 bits per heavy atom. The molecule has 1 heterocycles. The fourth-order valence-electron chi connectivity index (χ4n) is 0.632. The molecule has 0 saturated carbocycles. The number of carbonyl (C=O) groups excluding carboxylic acids is 1. The maximum absolute atomic E-state index is 10.8. The summed E-state index contributed by atoms with van der Waals surface area (Å²) in [5.41, 5.74) is 4.42. The second-order valence-electron chi connectivity index (χ2n) is 1.90. The second kappa shape index (κ2) is 2.02. The van der Waals surface area contributed by atoms with Gasteiger partial charge >= 0.3 is 11.7 Å². The van der Waals surface area contributed by atoms with Crippen molar-refractivity contribution < 1.29 is 4.79 Å². The molecular weight excluding hydrogens is 134 g/mol. The van der Waals surface area contributed by atoms with Gasteiger partial charge in [0, 0.05) is 19.4 Å². The molecule has 54 valence electrons. The highest BCUT2D eigenvalue weighted by Gasteiger charge is 2.02. The SMILES string of the molecule is Cn1ccn(C(N)=O)c1=O. The number of nitrogens with zero attached hydrogens (tertiary/aromatic N) is 2. The molecule has 0 saturated heterocycles. The van der Waals surface area contributed by atoms with Gasteiger partial charge in [0.25, 0.3) is 0 Å². The molecule has 0 aliphatic rings. The van der Waals surface area contributed by atoms with Crippen molar-refractivity contribution in [3.8, 4) is 0 Å². The minimum atomic E-state index is -0.759. The Morgan fingerprint density at radius 3 is 2.40 bits per heavy atom. The number of hydrogen-bond acceptors (Lipinski definition) is 2. The highest BCUT2D eigenvalue weighted by Crippen LogP contribution is 1.77. The Balaban J connectivity index is 3.32. The third kappa shape index (κ3) is 0.812. The third-order valence-electron chi connectivity index (χ3n) is 1.18. The van der Waals surface area contributed by atoms with Crippen molar-refractivity contribution in [1.82, 2.24) is 9.13 Å². The maximum Gasteiger partial charge on any atom is 0.336 e. The fourth-order valence-corrected chi connectivity index (χ4v) is 0.632. The maximum atomic E-state index is 10.8. The summed E-state index contributed by atoms with van der Waals surface area (Å²) in [6, 6.07) is -0.759. The second-order valence-corrected chi connectivity index (χ2v) is 1.90. The number of aryl methyl sites for hydroxylation is 1. The van der Waals surface area contributed by atoms with Crippen molar-refractivity contribution >= 4 is 6.03 Å². The van der Waals surface area contributed by atoms with Crippen LogP contribution in [0.3, 0.4) is 0 Å². The zero-order chi connectivity index (χ0) is 7.72. The Bertz CT molecular complexity index is 309. The van der Waals surface area contributed by atoms with E-state index in [0.29, 0.717) is 0 Å². The predicted octanol–water partition coefficient (Wildman–Crippen LogP) is -0.886. The van der Waals surface area contributed by atoms with Gasteiger partial charge in [-0.2, -0.15) is 0 Å². The minimum absolute atomic E-state index is 0.424. The van der Waals surface area contributed by atoms with Crippen LogP contribution in [-0.2, 0) is 7.05 Å². The van der Waals surface area contributed by atoms with Gasteiger partial charge in [-0.25, -0.2) is 14.2 Å². The molecule has 0 radical (unpaired) electrons. The quantitative estimate of drug-likeness (QED) is 0.509. The Kier molecular flexibility index (Phi) is 1.33. The van der Waals surface area contributed by atoms with Crippen LogP contribution >= 0.6 is 0 Å². The first-order chi connectivity index (χ1) is 4.63. The Morgan fingerprint density at radius 1 is 1.60 bits per heavy atom. The van der Waals surface area contributed by atoms with E-state index in [-0.39, 0.29) is 0 Å². The summed E-state index contributed by atoms with van der Waals surface area (Å²) in [7, 11) is 1.54. The van der Waals surface area contributed by atoms with Crippen molar-refractivity contribution in [2.75, 3.05) is 0 Å². The van der Waals surface area contributed by atoms with Crippen LogP contribution in [0.1, 0.15) is 0 Å². The smallest absolute Gasteiger partial charge is 0.336 e. The van der Waals surface area contributed by atoms with E-state index in [1.165, 1.54) is 17.0 Å². The molecule has 0 bridgehead atoms. The summed E-state index contributed by atoms with van der Waals surface area (Å²) < 4.78 is 2.10. The number of imidazole rings is 1. The van der Waals surface area contributed by atoms with E-state index in [1.54, 1.807) is 7.05 Å². The van der Waals surface area contributed by atoms with Crippen LogP contribution < -0.4 is 11.4 Å². The number of aromatic nitrogens is 2. The van der Waals surface area contributed by atoms with Gasteiger partial charge in [-0.1, -0.05) is 0 Å². The molecule has 0 unspecified atom stereocenters. The highest BCUT2D eigenvalue weighted by atomic mass is 16.2. The molecule has 1 rings (SSSR count). The third-order valence-corrected chi connectivity index (χ3v) is 1.18. The van der Waals surface area contributed by atoms with Crippen molar-refractivity contribution in [2.24, 2.45) is 12.8 Å². The predicted molar refractivity (Wildman–Crippen MR) is 34.7 cm³/mol. The topological polar surface area (TPSA) is 70.0 Å². The lowest BCUT2D eigenvalue weighted by molar-refractivity contribution is 0.249. The molecule has 10 heavy (non-hydrogen) atoms. The van der Waals surface area contributed by atoms with E-state index in [0.717, 1.165) is 4.57 Å². The lowest BCUT2D eigenvalue weighted by Gasteiger charge is -1.88. The van der Waals surface area contributed by atoms with Crippen molar-refractivity contribution in [3.63, 3.8) is 0 Å². The van der Waals surface area contributed by atoms with Crippen LogP contribution in [0, 0.1) is 0 Å². The fraction of sp³-hybridized carbons (Fsp3) is 0.200. The zero-order valence-corrected chi connectivity index (χ0v) is 5.44. The van der Waals surface area contributed by atoms with E-state index in [1.807, 2.05) is 0 Å². The van der Waals surface area contributed by atoms with E-state index in [2.05, 4.69) is 0 Å². The first kappa shape index (κ1) is 6.60. The highest BCUT2D eigenvalue weighted by molar-refractivity contribution is 5.74. The molecule has 2 N–H and O–H groups in total. The Labute approximate surface area is 56.7 Å². The van der Waals surface area contributed by atoms with Crippen LogP contribution in [0.15, 0.2) is 17.2 Å². The summed E-state index contributed by atoms with van der Waals surface area (Å²) in [4.78, 5) is 21.2. The first-order valence-electron chi connectivity index (χ1n) is 2.66. The summed E-state index contributed by atoms with van der Waals surface area (Å²) in [6.07, 6.45) is 2.79. The van der Waals surface area contributed by atoms with Gasteiger partial charge in [-0.3, -0.25) is 0 Å². The standard InChI is InChI=1S/C5H7N3O2/c1-7-2-3-8(4(6)9)5(7)10/h2-3H,1H3,(H2,6,9). The van der Waals surface area contributed by atoms with Crippen molar-refractivity contribution in [1.29, 1.82) is 0 Å². The molecule has 0 fully saturated rings. The molecular formula is C5H7N3O2. The van der Waals surface area contributed by atoms with E-state index in [9.17, 15) is 9.59 Å². The van der Waals surface area contributed by atoms with E-state index in [4.69, 9.17) is 5.73 Å². The Hall–Kier alpha value is -1.52. The van der Waals surface area contributed by atoms with Gasteiger partial charge in [0.15, 0.2) is 0 Å². The summed E-state index contributed by atoms with van der Waals surface area (Å²) >= 11 is 0. The van der Waals surface area contributed by atoms with Crippen molar-refractivity contribution in [3.05, 3.63) is 22.9 Å². The number of nitrogens with two attached hydrogens (primary N) is 1. The van der Waals surface area contributed by atoms with E-state index >= 15 is 0 Å². The molecule has 1 aromatic heterocycles. The molecule has 0 aliphatic heterocycles. The molecule has 1 aromatic rings. The van der Waals surface area contributed by atoms with Gasteiger partial charge in [0.2, 0.25) is 0 Å². The van der Waals surface area contributed by atoms with Crippen LogP contribution in [0.2, 0.25) is 0 Å². The number of hydrogen-bond donors (Lipinski definition) is 1. The van der Waals surface area contributed by atoms with Gasteiger partial charge in [-0.05, 0) is 0 Å². The number of primary amides is 1. The lowest BCUT2D eigenvalue weighted by atomic mass is 10.9. The summed E-state index contributed by atoms with van der Waals surface area (Å²) in [6.45, 7) is 0. The monoisotopic (exact) mass is 141 g/mol. The normalized spacial score (nSPS) is 9.70. The van der Waals surface area contributed by atoms with Crippen molar-refractivity contribution in [2.45, 2.75) is 0 Å².